The van der Waals surface area contributed by atoms with Gasteiger partial charge in [0.05, 0.1) is 0 Å². The summed E-state index contributed by atoms with van der Waals surface area (Å²) in [6.07, 6.45) is 1.70. The SMILES string of the molecule is Cc1cnc(NN)[nH]1. The zero-order valence-electron chi connectivity index (χ0n) is 4.60. The van der Waals surface area contributed by atoms with Crippen LogP contribution < -0.4 is 11.3 Å². The van der Waals surface area contributed by atoms with Gasteiger partial charge in [-0.15, -0.1) is 0 Å². The second-order valence-electron chi connectivity index (χ2n) is 1.56. The average molecular weight is 112 g/mol. The van der Waals surface area contributed by atoms with Crippen molar-refractivity contribution in [2.24, 2.45) is 5.84 Å². The van der Waals surface area contributed by atoms with Gasteiger partial charge < -0.3 is 4.98 Å². The molecule has 0 saturated carbocycles. The highest BCUT2D eigenvalue weighted by molar-refractivity contribution is 5.22. The molecule has 0 fully saturated rings. The molecule has 0 spiro atoms. The molecule has 0 saturated heterocycles. The lowest BCUT2D eigenvalue weighted by Gasteiger charge is -1.87. The fourth-order valence-electron chi connectivity index (χ4n) is 0.486. The van der Waals surface area contributed by atoms with Crippen molar-refractivity contribution < 1.29 is 0 Å². The van der Waals surface area contributed by atoms with Crippen molar-refractivity contribution in [2.75, 3.05) is 5.43 Å². The summed E-state index contributed by atoms with van der Waals surface area (Å²) < 4.78 is 0. The second kappa shape index (κ2) is 1.83. The lowest BCUT2D eigenvalue weighted by Crippen LogP contribution is -2.07. The predicted molar refractivity (Wildman–Crippen MR) is 31.1 cm³/mol. The third kappa shape index (κ3) is 0.788. The Bertz CT molecular complexity index is 168. The van der Waals surface area contributed by atoms with E-state index in [-0.39, 0.29) is 0 Å². The van der Waals surface area contributed by atoms with Crippen molar-refractivity contribution in [3.05, 3.63) is 11.9 Å². The molecule has 4 nitrogen and oxygen atoms in total. The highest BCUT2D eigenvalue weighted by atomic mass is 15.3. The molecule has 0 unspecified atom stereocenters. The Hall–Kier alpha value is -1.03. The van der Waals surface area contributed by atoms with Gasteiger partial charge in [-0.3, -0.25) is 5.43 Å². The van der Waals surface area contributed by atoms with Gasteiger partial charge in [-0.1, -0.05) is 0 Å². The van der Waals surface area contributed by atoms with E-state index in [1.807, 2.05) is 6.92 Å². The molecule has 0 amide bonds. The van der Waals surface area contributed by atoms with Gasteiger partial charge in [0, 0.05) is 11.9 Å². The zero-order chi connectivity index (χ0) is 5.98. The van der Waals surface area contributed by atoms with Crippen LogP contribution in [0.3, 0.4) is 0 Å². The molecule has 0 aliphatic heterocycles. The van der Waals surface area contributed by atoms with Crippen molar-refractivity contribution in [3.8, 4) is 0 Å². The first-order chi connectivity index (χ1) is 3.83. The van der Waals surface area contributed by atoms with Crippen LogP contribution in [-0.4, -0.2) is 9.97 Å². The highest BCUT2D eigenvalue weighted by Gasteiger charge is 1.88. The summed E-state index contributed by atoms with van der Waals surface area (Å²) >= 11 is 0. The number of nitrogen functional groups attached to an aromatic ring is 1. The van der Waals surface area contributed by atoms with Crippen LogP contribution in [0, 0.1) is 6.92 Å². The molecule has 4 heteroatoms. The van der Waals surface area contributed by atoms with E-state index in [0.29, 0.717) is 5.95 Å². The van der Waals surface area contributed by atoms with E-state index in [2.05, 4.69) is 15.4 Å². The number of nitrogens with one attached hydrogen (secondary N) is 2. The maximum atomic E-state index is 5.02. The van der Waals surface area contributed by atoms with E-state index in [1.165, 1.54) is 0 Å². The number of hydrogen-bond acceptors (Lipinski definition) is 3. The van der Waals surface area contributed by atoms with Gasteiger partial charge in [-0.05, 0) is 6.92 Å². The monoisotopic (exact) mass is 112 g/mol. The minimum Gasteiger partial charge on any atom is -0.327 e. The number of imidazole rings is 1. The van der Waals surface area contributed by atoms with Crippen LogP contribution in [-0.2, 0) is 0 Å². The average Bonchev–Trinajstić information content (AvgIpc) is 2.14. The van der Waals surface area contributed by atoms with Crippen molar-refractivity contribution in [1.29, 1.82) is 0 Å². The van der Waals surface area contributed by atoms with Crippen molar-refractivity contribution in [1.82, 2.24) is 9.97 Å². The fraction of sp³-hybridized carbons (Fsp3) is 0.250. The fourth-order valence-corrected chi connectivity index (χ4v) is 0.486. The van der Waals surface area contributed by atoms with Gasteiger partial charge in [0.1, 0.15) is 0 Å². The Balaban J connectivity index is 2.84. The maximum Gasteiger partial charge on any atom is 0.214 e. The maximum absolute atomic E-state index is 5.02. The third-order valence-electron chi connectivity index (χ3n) is 0.840. The smallest absolute Gasteiger partial charge is 0.214 e. The molecule has 8 heavy (non-hydrogen) atoms. The molecule has 0 atom stereocenters. The summed E-state index contributed by atoms with van der Waals surface area (Å²) in [5.41, 5.74) is 3.38. The van der Waals surface area contributed by atoms with E-state index < -0.39 is 0 Å². The van der Waals surface area contributed by atoms with Crippen molar-refractivity contribution in [3.63, 3.8) is 0 Å². The van der Waals surface area contributed by atoms with Gasteiger partial charge in [-0.2, -0.15) is 0 Å². The van der Waals surface area contributed by atoms with Gasteiger partial charge in [-0.25, -0.2) is 10.8 Å². The van der Waals surface area contributed by atoms with E-state index in [4.69, 9.17) is 5.84 Å². The highest BCUT2D eigenvalue weighted by Crippen LogP contribution is 1.96. The second-order valence-corrected chi connectivity index (χ2v) is 1.56. The standard InChI is InChI=1S/C4H8N4/c1-3-2-6-4(7-3)8-5/h2H,5H2,1H3,(H2,6,7,8). The summed E-state index contributed by atoms with van der Waals surface area (Å²) in [7, 11) is 0. The summed E-state index contributed by atoms with van der Waals surface area (Å²) in [6, 6.07) is 0. The number of aromatic amines is 1. The predicted octanol–water partition coefficient (Wildman–Crippen LogP) is 0.00372. The molecule has 1 aromatic rings. The van der Waals surface area contributed by atoms with Gasteiger partial charge in [0.2, 0.25) is 5.95 Å². The van der Waals surface area contributed by atoms with E-state index in [1.54, 1.807) is 6.20 Å². The van der Waals surface area contributed by atoms with Gasteiger partial charge >= 0.3 is 0 Å². The third-order valence-corrected chi connectivity index (χ3v) is 0.840. The molecular weight excluding hydrogens is 104 g/mol. The number of nitrogens with zero attached hydrogens (tertiary/aromatic N) is 1. The number of H-pyrrole nitrogens is 1. The molecule has 0 aliphatic carbocycles. The van der Waals surface area contributed by atoms with E-state index in [0.717, 1.165) is 5.69 Å². The summed E-state index contributed by atoms with van der Waals surface area (Å²) in [4.78, 5) is 6.72. The minimum absolute atomic E-state index is 0.600. The summed E-state index contributed by atoms with van der Waals surface area (Å²) in [5, 5.41) is 0. The largest absolute Gasteiger partial charge is 0.327 e. The van der Waals surface area contributed by atoms with Gasteiger partial charge in [0.25, 0.3) is 0 Å². The molecule has 4 N–H and O–H groups in total. The van der Waals surface area contributed by atoms with Crippen LogP contribution in [0.4, 0.5) is 5.95 Å². The van der Waals surface area contributed by atoms with E-state index >= 15 is 0 Å². The Morgan fingerprint density at radius 3 is 2.88 bits per heavy atom. The number of rotatable bonds is 1. The van der Waals surface area contributed by atoms with Crippen LogP contribution >= 0.6 is 0 Å². The van der Waals surface area contributed by atoms with Gasteiger partial charge in [0.15, 0.2) is 0 Å². The van der Waals surface area contributed by atoms with E-state index in [9.17, 15) is 0 Å². The molecule has 0 bridgehead atoms. The summed E-state index contributed by atoms with van der Waals surface area (Å²) in [6.45, 7) is 1.91. The quantitative estimate of drug-likeness (QED) is 0.354. The Morgan fingerprint density at radius 1 is 1.88 bits per heavy atom. The number of hydrogen-bond donors (Lipinski definition) is 3. The van der Waals surface area contributed by atoms with Crippen molar-refractivity contribution >= 4 is 5.95 Å². The minimum atomic E-state index is 0.600. The van der Waals surface area contributed by atoms with Crippen LogP contribution in [0.25, 0.3) is 0 Å². The number of anilines is 1. The first-order valence-corrected chi connectivity index (χ1v) is 2.31. The van der Waals surface area contributed by atoms with Crippen LogP contribution in [0.5, 0.6) is 0 Å². The Kier molecular flexibility index (Phi) is 1.17. The first kappa shape index (κ1) is 5.11. The Morgan fingerprint density at radius 2 is 2.62 bits per heavy atom. The normalized spacial score (nSPS) is 9.25. The van der Waals surface area contributed by atoms with Crippen molar-refractivity contribution in [2.45, 2.75) is 6.92 Å². The van der Waals surface area contributed by atoms with Crippen LogP contribution in [0.15, 0.2) is 6.20 Å². The number of hydrazine groups is 1. The lowest BCUT2D eigenvalue weighted by molar-refractivity contribution is 1.18. The molecule has 44 valence electrons. The summed E-state index contributed by atoms with van der Waals surface area (Å²) in [5.74, 6) is 5.62. The topological polar surface area (TPSA) is 66.7 Å². The molecule has 1 aromatic heterocycles. The molecular formula is C4H8N4. The molecule has 0 aromatic carbocycles. The molecule has 1 rings (SSSR count). The van der Waals surface area contributed by atoms with Crippen LogP contribution in [0.1, 0.15) is 5.69 Å². The molecule has 0 aliphatic rings. The Labute approximate surface area is 47.1 Å². The lowest BCUT2D eigenvalue weighted by atomic mass is 10.6. The molecule has 0 radical (unpaired) electrons. The number of nitrogens with two attached hydrogens (primary N) is 1. The number of aromatic nitrogens is 2. The number of aryl methyl sites for hydroxylation is 1. The van der Waals surface area contributed by atoms with Crippen LogP contribution in [0.2, 0.25) is 0 Å². The molecule has 1 heterocycles. The first-order valence-electron chi connectivity index (χ1n) is 2.31. The zero-order valence-corrected chi connectivity index (χ0v) is 4.60.